The van der Waals surface area contributed by atoms with E-state index in [9.17, 15) is 18.0 Å². The van der Waals surface area contributed by atoms with Crippen molar-refractivity contribution in [1.82, 2.24) is 14.2 Å². The maximum Gasteiger partial charge on any atom is 0.257 e. The van der Waals surface area contributed by atoms with Crippen molar-refractivity contribution in [3.8, 4) is 0 Å². The summed E-state index contributed by atoms with van der Waals surface area (Å²) in [4.78, 5) is 24.7. The molecule has 2 aromatic rings. The molecule has 0 radical (unpaired) electrons. The first kappa shape index (κ1) is 22.5. The second-order valence-electron chi connectivity index (χ2n) is 8.62. The molecule has 172 valence electrons. The Kier molecular flexibility index (Phi) is 6.39. The van der Waals surface area contributed by atoms with Gasteiger partial charge in [0.1, 0.15) is 0 Å². The molecule has 0 spiro atoms. The SMILES string of the molecule is Cc1cc(C(=O)Nc2cccc(S(=O)(=O)N3CCNC(=O)C3)c2)c(C)n1C1CCCCC1. The van der Waals surface area contributed by atoms with Crippen LogP contribution in [0.5, 0.6) is 0 Å². The van der Waals surface area contributed by atoms with E-state index in [0.717, 1.165) is 28.5 Å². The molecule has 2 aliphatic rings. The summed E-state index contributed by atoms with van der Waals surface area (Å²) in [5.74, 6) is -0.579. The van der Waals surface area contributed by atoms with Crippen molar-refractivity contribution in [2.45, 2.75) is 56.9 Å². The Hall–Kier alpha value is -2.65. The van der Waals surface area contributed by atoms with Crippen molar-refractivity contribution in [1.29, 1.82) is 0 Å². The zero-order valence-electron chi connectivity index (χ0n) is 18.6. The molecule has 9 heteroatoms. The average molecular weight is 459 g/mol. The van der Waals surface area contributed by atoms with Crippen molar-refractivity contribution in [3.05, 3.63) is 47.3 Å². The number of aromatic nitrogens is 1. The van der Waals surface area contributed by atoms with E-state index >= 15 is 0 Å². The fourth-order valence-electron chi connectivity index (χ4n) is 4.81. The summed E-state index contributed by atoms with van der Waals surface area (Å²) in [5, 5.41) is 5.47. The number of amides is 2. The molecule has 1 aliphatic carbocycles. The third-order valence-corrected chi connectivity index (χ3v) is 8.24. The standard InChI is InChI=1S/C23H30N4O4S/c1-16-13-21(17(2)27(16)19-8-4-3-5-9-19)23(29)25-18-7-6-10-20(14-18)32(30,31)26-12-11-24-22(28)15-26/h6-7,10,13-14,19H,3-5,8-9,11-12,15H2,1-2H3,(H,24,28)(H,25,29). The monoisotopic (exact) mass is 458 g/mol. The summed E-state index contributed by atoms with van der Waals surface area (Å²) < 4.78 is 29.3. The molecule has 32 heavy (non-hydrogen) atoms. The molecule has 2 fully saturated rings. The number of carbonyl (C=O) groups excluding carboxylic acids is 2. The van der Waals surface area contributed by atoms with Crippen LogP contribution in [0.4, 0.5) is 5.69 Å². The zero-order chi connectivity index (χ0) is 22.9. The van der Waals surface area contributed by atoms with Crippen LogP contribution in [-0.4, -0.2) is 48.7 Å². The Morgan fingerprint density at radius 2 is 1.88 bits per heavy atom. The molecule has 2 heterocycles. The van der Waals surface area contributed by atoms with Crippen LogP contribution in [0.15, 0.2) is 35.2 Å². The second-order valence-corrected chi connectivity index (χ2v) is 10.6. The number of benzene rings is 1. The fraction of sp³-hybridized carbons (Fsp3) is 0.478. The average Bonchev–Trinajstić information content (AvgIpc) is 3.08. The quantitative estimate of drug-likeness (QED) is 0.719. The third-order valence-electron chi connectivity index (χ3n) is 6.40. The fourth-order valence-corrected chi connectivity index (χ4v) is 6.25. The molecule has 1 aromatic heterocycles. The first-order chi connectivity index (χ1) is 15.3. The van der Waals surface area contributed by atoms with E-state index in [0.29, 0.717) is 17.3 Å². The number of hydrogen-bond acceptors (Lipinski definition) is 4. The highest BCUT2D eigenvalue weighted by atomic mass is 32.2. The van der Waals surface area contributed by atoms with Crippen LogP contribution in [0, 0.1) is 13.8 Å². The van der Waals surface area contributed by atoms with Crippen LogP contribution in [0.25, 0.3) is 0 Å². The number of piperazine rings is 1. The van der Waals surface area contributed by atoms with E-state index in [4.69, 9.17) is 0 Å². The van der Waals surface area contributed by atoms with E-state index in [2.05, 4.69) is 15.2 Å². The van der Waals surface area contributed by atoms with Crippen LogP contribution in [-0.2, 0) is 14.8 Å². The minimum absolute atomic E-state index is 0.0534. The molecule has 1 aromatic carbocycles. The highest BCUT2D eigenvalue weighted by Gasteiger charge is 2.29. The number of aryl methyl sites for hydroxylation is 1. The van der Waals surface area contributed by atoms with Crippen LogP contribution >= 0.6 is 0 Å². The van der Waals surface area contributed by atoms with Crippen molar-refractivity contribution < 1.29 is 18.0 Å². The Morgan fingerprint density at radius 3 is 2.59 bits per heavy atom. The highest BCUT2D eigenvalue weighted by Crippen LogP contribution is 2.32. The first-order valence-electron chi connectivity index (χ1n) is 11.1. The third kappa shape index (κ3) is 4.45. The molecule has 1 saturated carbocycles. The van der Waals surface area contributed by atoms with Gasteiger partial charge in [0.25, 0.3) is 5.91 Å². The van der Waals surface area contributed by atoms with Crippen LogP contribution in [0.3, 0.4) is 0 Å². The lowest BCUT2D eigenvalue weighted by Crippen LogP contribution is -2.49. The molecule has 1 aliphatic heterocycles. The summed E-state index contributed by atoms with van der Waals surface area (Å²) in [5.41, 5.74) is 3.02. The Balaban J connectivity index is 1.54. The van der Waals surface area contributed by atoms with Gasteiger partial charge in [0.15, 0.2) is 0 Å². The summed E-state index contributed by atoms with van der Waals surface area (Å²) >= 11 is 0. The van der Waals surface area contributed by atoms with Crippen molar-refractivity contribution in [3.63, 3.8) is 0 Å². The lowest BCUT2D eigenvalue weighted by atomic mass is 9.95. The Labute approximate surface area is 189 Å². The summed E-state index contributed by atoms with van der Waals surface area (Å²) in [7, 11) is -3.83. The molecule has 8 nitrogen and oxygen atoms in total. The van der Waals surface area contributed by atoms with Gasteiger partial charge in [0.2, 0.25) is 15.9 Å². The maximum atomic E-state index is 13.1. The van der Waals surface area contributed by atoms with E-state index in [1.807, 2.05) is 19.9 Å². The molecule has 2 N–H and O–H groups in total. The van der Waals surface area contributed by atoms with E-state index < -0.39 is 10.0 Å². The molecule has 2 amide bonds. The summed E-state index contributed by atoms with van der Waals surface area (Å²) in [6, 6.07) is 8.52. The van der Waals surface area contributed by atoms with Crippen LogP contribution < -0.4 is 10.6 Å². The maximum absolute atomic E-state index is 13.1. The van der Waals surface area contributed by atoms with E-state index in [1.165, 1.54) is 31.4 Å². The molecular weight excluding hydrogens is 428 g/mol. The predicted octanol–water partition coefficient (Wildman–Crippen LogP) is 2.98. The highest BCUT2D eigenvalue weighted by molar-refractivity contribution is 7.89. The van der Waals surface area contributed by atoms with Gasteiger partial charge in [-0.15, -0.1) is 0 Å². The van der Waals surface area contributed by atoms with Crippen LogP contribution in [0.2, 0.25) is 0 Å². The molecule has 0 unspecified atom stereocenters. The van der Waals surface area contributed by atoms with Crippen molar-refractivity contribution in [2.75, 3.05) is 25.0 Å². The number of nitrogens with one attached hydrogen (secondary N) is 2. The van der Waals surface area contributed by atoms with Gasteiger partial charge in [-0.2, -0.15) is 4.31 Å². The van der Waals surface area contributed by atoms with Gasteiger partial charge in [0, 0.05) is 36.2 Å². The molecule has 4 rings (SSSR count). The normalized spacial score (nSPS) is 18.4. The van der Waals surface area contributed by atoms with Crippen molar-refractivity contribution in [2.24, 2.45) is 0 Å². The van der Waals surface area contributed by atoms with Gasteiger partial charge in [-0.1, -0.05) is 25.3 Å². The second kappa shape index (κ2) is 9.07. The number of anilines is 1. The number of carbonyl (C=O) groups is 2. The lowest BCUT2D eigenvalue weighted by Gasteiger charge is -2.26. The molecule has 1 saturated heterocycles. The number of sulfonamides is 1. The zero-order valence-corrected chi connectivity index (χ0v) is 19.4. The van der Waals surface area contributed by atoms with Crippen molar-refractivity contribution >= 4 is 27.5 Å². The van der Waals surface area contributed by atoms with Gasteiger partial charge in [-0.05, 0) is 51.0 Å². The first-order valence-corrected chi connectivity index (χ1v) is 12.6. The van der Waals surface area contributed by atoms with Crippen LogP contribution in [0.1, 0.15) is 59.9 Å². The summed E-state index contributed by atoms with van der Waals surface area (Å²) in [6.07, 6.45) is 5.95. The van der Waals surface area contributed by atoms with Gasteiger partial charge >= 0.3 is 0 Å². The Morgan fingerprint density at radius 1 is 1.12 bits per heavy atom. The number of hydrogen-bond donors (Lipinski definition) is 2. The number of nitrogens with zero attached hydrogens (tertiary/aromatic N) is 2. The summed E-state index contributed by atoms with van der Waals surface area (Å²) in [6.45, 7) is 4.30. The molecular formula is C23H30N4O4S. The minimum atomic E-state index is -3.83. The topological polar surface area (TPSA) is 101 Å². The van der Waals surface area contributed by atoms with E-state index in [1.54, 1.807) is 12.1 Å². The largest absolute Gasteiger partial charge is 0.354 e. The van der Waals surface area contributed by atoms with Gasteiger partial charge in [-0.25, -0.2) is 8.42 Å². The number of rotatable bonds is 5. The Bertz CT molecular complexity index is 1130. The molecule has 0 bridgehead atoms. The van der Waals surface area contributed by atoms with E-state index in [-0.39, 0.29) is 36.3 Å². The smallest absolute Gasteiger partial charge is 0.257 e. The lowest BCUT2D eigenvalue weighted by molar-refractivity contribution is -0.122. The van der Waals surface area contributed by atoms with Gasteiger partial charge in [-0.3, -0.25) is 9.59 Å². The predicted molar refractivity (Wildman–Crippen MR) is 122 cm³/mol. The minimum Gasteiger partial charge on any atom is -0.354 e. The van der Waals surface area contributed by atoms with Gasteiger partial charge < -0.3 is 15.2 Å². The molecule has 0 atom stereocenters. The van der Waals surface area contributed by atoms with Gasteiger partial charge in [0.05, 0.1) is 17.0 Å².